The summed E-state index contributed by atoms with van der Waals surface area (Å²) in [6.45, 7) is 1.26. The van der Waals surface area contributed by atoms with Crippen molar-refractivity contribution in [2.75, 3.05) is 26.2 Å². The number of aliphatic hydroxyl groups excluding tert-OH is 2. The van der Waals surface area contributed by atoms with Gasteiger partial charge in [0.25, 0.3) is 17.4 Å². The summed E-state index contributed by atoms with van der Waals surface area (Å²) in [5, 5.41) is 33.7. The van der Waals surface area contributed by atoms with Gasteiger partial charge in [-0.1, -0.05) is 30.3 Å². The number of aliphatic hydroxyl groups is 2. The molecule has 1 fully saturated rings. The summed E-state index contributed by atoms with van der Waals surface area (Å²) >= 11 is 0. The van der Waals surface area contributed by atoms with Crippen LogP contribution in [-0.4, -0.2) is 58.0 Å². The number of carbonyl (C=O) groups excluding carboxylic acids is 2. The van der Waals surface area contributed by atoms with Gasteiger partial charge in [-0.3, -0.25) is 19.7 Å². The van der Waals surface area contributed by atoms with Crippen LogP contribution in [0.4, 0.5) is 5.69 Å². The van der Waals surface area contributed by atoms with Crippen molar-refractivity contribution in [1.82, 2.24) is 10.2 Å². The zero-order valence-electron chi connectivity index (χ0n) is 16.7. The molecule has 1 atom stereocenters. The fourth-order valence-corrected chi connectivity index (χ4v) is 3.57. The van der Waals surface area contributed by atoms with Gasteiger partial charge in [0, 0.05) is 30.8 Å². The smallest absolute Gasteiger partial charge is 0.295 e. The predicted molar refractivity (Wildman–Crippen MR) is 113 cm³/mol. The third kappa shape index (κ3) is 4.79. The zero-order chi connectivity index (χ0) is 22.4. The number of nitrogens with one attached hydrogen (secondary N) is 1. The number of non-ortho nitro benzene ring substituents is 1. The van der Waals surface area contributed by atoms with Gasteiger partial charge in [-0.25, -0.2) is 0 Å². The number of nitro benzene ring substituents is 1. The number of nitrogens with zero attached hydrogens (tertiary/aromatic N) is 2. The van der Waals surface area contributed by atoms with Crippen LogP contribution in [0, 0.1) is 10.1 Å². The second kappa shape index (κ2) is 9.96. The highest BCUT2D eigenvalue weighted by Gasteiger charge is 2.45. The molecule has 0 aromatic heterocycles. The highest BCUT2D eigenvalue weighted by Crippen LogP contribution is 2.39. The van der Waals surface area contributed by atoms with Crippen molar-refractivity contribution in [1.29, 1.82) is 0 Å². The van der Waals surface area contributed by atoms with E-state index in [0.717, 1.165) is 0 Å². The first kappa shape index (κ1) is 22.1. The van der Waals surface area contributed by atoms with Gasteiger partial charge in [0.05, 0.1) is 23.1 Å². The summed E-state index contributed by atoms with van der Waals surface area (Å²) in [7, 11) is 0. The van der Waals surface area contributed by atoms with E-state index in [1.165, 1.54) is 29.2 Å². The minimum absolute atomic E-state index is 0.00374. The molecular weight excluding hydrogens is 402 g/mol. The SMILES string of the molecule is O=C1C(=O)N(CCCNCCO)[C@H](c2ccccc2)C1=C(O)c1ccc([N+](=O)[O-])cc1. The maximum atomic E-state index is 12.9. The number of carbonyl (C=O) groups is 2. The molecule has 0 bridgehead atoms. The molecule has 0 spiro atoms. The lowest BCUT2D eigenvalue weighted by Gasteiger charge is -2.25. The van der Waals surface area contributed by atoms with Gasteiger partial charge in [-0.2, -0.15) is 0 Å². The van der Waals surface area contributed by atoms with E-state index < -0.39 is 22.7 Å². The number of hydrogen-bond donors (Lipinski definition) is 3. The van der Waals surface area contributed by atoms with Crippen molar-refractivity contribution in [3.05, 3.63) is 81.4 Å². The third-order valence-corrected chi connectivity index (χ3v) is 5.05. The quantitative estimate of drug-likeness (QED) is 0.140. The van der Waals surface area contributed by atoms with Crippen LogP contribution in [0.3, 0.4) is 0 Å². The number of benzene rings is 2. The molecule has 1 amide bonds. The van der Waals surface area contributed by atoms with Crippen LogP contribution >= 0.6 is 0 Å². The Hall–Kier alpha value is -3.56. The van der Waals surface area contributed by atoms with Crippen molar-refractivity contribution in [2.45, 2.75) is 12.5 Å². The summed E-state index contributed by atoms with van der Waals surface area (Å²) < 4.78 is 0. The Morgan fingerprint density at radius 1 is 1.06 bits per heavy atom. The van der Waals surface area contributed by atoms with Crippen LogP contribution in [0.5, 0.6) is 0 Å². The average Bonchev–Trinajstić information content (AvgIpc) is 3.04. The van der Waals surface area contributed by atoms with Gasteiger partial charge in [0.15, 0.2) is 0 Å². The Morgan fingerprint density at radius 2 is 1.74 bits per heavy atom. The Balaban J connectivity index is 1.98. The Labute approximate surface area is 178 Å². The maximum Gasteiger partial charge on any atom is 0.295 e. The van der Waals surface area contributed by atoms with Crippen LogP contribution in [0.15, 0.2) is 60.2 Å². The van der Waals surface area contributed by atoms with E-state index in [4.69, 9.17) is 5.11 Å². The molecule has 1 aliphatic heterocycles. The Morgan fingerprint density at radius 3 is 2.35 bits per heavy atom. The third-order valence-electron chi connectivity index (χ3n) is 5.05. The minimum Gasteiger partial charge on any atom is -0.507 e. The summed E-state index contributed by atoms with van der Waals surface area (Å²) in [6, 6.07) is 13.3. The number of amides is 1. The first-order valence-electron chi connectivity index (χ1n) is 9.85. The van der Waals surface area contributed by atoms with Gasteiger partial charge >= 0.3 is 0 Å². The van der Waals surface area contributed by atoms with Crippen molar-refractivity contribution in [2.24, 2.45) is 0 Å². The van der Waals surface area contributed by atoms with Crippen LogP contribution in [-0.2, 0) is 9.59 Å². The van der Waals surface area contributed by atoms with Gasteiger partial charge in [0.2, 0.25) is 0 Å². The first-order valence-corrected chi connectivity index (χ1v) is 9.85. The Kier molecular flexibility index (Phi) is 7.11. The standard InChI is InChI=1S/C22H23N3O6/c26-14-12-23-11-4-13-24-19(15-5-2-1-3-6-15)18(21(28)22(24)29)20(27)16-7-9-17(10-8-16)25(30)31/h1-3,5-10,19,23,26-27H,4,11-14H2/t19-/m1/s1. The fraction of sp³-hybridized carbons (Fsp3) is 0.273. The molecule has 9 heteroatoms. The number of hydrogen-bond acceptors (Lipinski definition) is 7. The summed E-state index contributed by atoms with van der Waals surface area (Å²) in [6.07, 6.45) is 0.550. The molecule has 1 heterocycles. The molecule has 9 nitrogen and oxygen atoms in total. The van der Waals surface area contributed by atoms with E-state index in [-0.39, 0.29) is 35.7 Å². The number of Topliss-reactive ketones (excluding diaryl/α,β-unsaturated/α-hetero) is 1. The molecule has 162 valence electrons. The highest BCUT2D eigenvalue weighted by atomic mass is 16.6. The predicted octanol–water partition coefficient (Wildman–Crippen LogP) is 1.99. The molecule has 1 aliphatic rings. The van der Waals surface area contributed by atoms with Gasteiger partial charge in [0.1, 0.15) is 5.76 Å². The van der Waals surface area contributed by atoms with E-state index >= 15 is 0 Å². The van der Waals surface area contributed by atoms with Crippen molar-refractivity contribution in [3.63, 3.8) is 0 Å². The molecular formula is C22H23N3O6. The lowest BCUT2D eigenvalue weighted by molar-refractivity contribution is -0.384. The van der Waals surface area contributed by atoms with Gasteiger partial charge < -0.3 is 20.4 Å². The molecule has 1 saturated heterocycles. The number of likely N-dealkylation sites (tertiary alicyclic amines) is 1. The second-order valence-corrected chi connectivity index (χ2v) is 7.03. The second-order valence-electron chi connectivity index (χ2n) is 7.03. The van der Waals surface area contributed by atoms with E-state index in [1.54, 1.807) is 24.3 Å². The van der Waals surface area contributed by atoms with E-state index in [1.807, 2.05) is 6.07 Å². The minimum atomic E-state index is -0.798. The average molecular weight is 425 g/mol. The summed E-state index contributed by atoms with van der Waals surface area (Å²) in [5.74, 6) is -1.88. The van der Waals surface area contributed by atoms with Crippen molar-refractivity contribution in [3.8, 4) is 0 Å². The van der Waals surface area contributed by atoms with Crippen LogP contribution < -0.4 is 5.32 Å². The Bertz CT molecular complexity index is 988. The van der Waals surface area contributed by atoms with E-state index in [0.29, 0.717) is 25.1 Å². The molecule has 31 heavy (non-hydrogen) atoms. The van der Waals surface area contributed by atoms with Crippen molar-refractivity contribution >= 4 is 23.1 Å². The lowest BCUT2D eigenvalue weighted by atomic mass is 9.95. The van der Waals surface area contributed by atoms with Crippen molar-refractivity contribution < 1.29 is 24.7 Å². The highest BCUT2D eigenvalue weighted by molar-refractivity contribution is 6.46. The lowest BCUT2D eigenvalue weighted by Crippen LogP contribution is -2.32. The normalized spacial score (nSPS) is 17.8. The largest absolute Gasteiger partial charge is 0.507 e. The number of nitro groups is 1. The van der Waals surface area contributed by atoms with Crippen LogP contribution in [0.2, 0.25) is 0 Å². The monoisotopic (exact) mass is 425 g/mol. The van der Waals surface area contributed by atoms with E-state index in [9.17, 15) is 24.8 Å². The molecule has 3 N–H and O–H groups in total. The molecule has 0 saturated carbocycles. The first-order chi connectivity index (χ1) is 15.0. The topological polar surface area (TPSA) is 133 Å². The summed E-state index contributed by atoms with van der Waals surface area (Å²) in [5.41, 5.74) is 0.697. The fourth-order valence-electron chi connectivity index (χ4n) is 3.57. The summed E-state index contributed by atoms with van der Waals surface area (Å²) in [4.78, 5) is 37.4. The molecule has 2 aromatic carbocycles. The van der Waals surface area contributed by atoms with Gasteiger partial charge in [-0.05, 0) is 30.7 Å². The number of ketones is 1. The zero-order valence-corrected chi connectivity index (χ0v) is 16.7. The maximum absolute atomic E-state index is 12.9. The number of rotatable bonds is 9. The van der Waals surface area contributed by atoms with Crippen LogP contribution in [0.25, 0.3) is 5.76 Å². The molecule has 3 rings (SSSR count). The van der Waals surface area contributed by atoms with E-state index in [2.05, 4.69) is 5.32 Å². The molecule has 2 aromatic rings. The van der Waals surface area contributed by atoms with Gasteiger partial charge in [-0.15, -0.1) is 0 Å². The molecule has 0 aliphatic carbocycles. The molecule has 0 radical (unpaired) electrons. The van der Waals surface area contributed by atoms with Crippen LogP contribution in [0.1, 0.15) is 23.6 Å². The molecule has 0 unspecified atom stereocenters.